The summed E-state index contributed by atoms with van der Waals surface area (Å²) in [7, 11) is 0. The van der Waals surface area contributed by atoms with Crippen molar-refractivity contribution >= 4 is 11.5 Å². The first-order valence-corrected chi connectivity index (χ1v) is 11.1. The van der Waals surface area contributed by atoms with Crippen LogP contribution < -0.4 is 19.1 Å². The van der Waals surface area contributed by atoms with Gasteiger partial charge in [-0.3, -0.25) is 4.57 Å². The summed E-state index contributed by atoms with van der Waals surface area (Å²) in [6, 6.07) is 18.3. The van der Waals surface area contributed by atoms with E-state index in [2.05, 4.69) is 22.0 Å². The highest BCUT2D eigenvalue weighted by molar-refractivity contribution is 5.49. The molecular formula is C24H26N4O5. The highest BCUT2D eigenvalue weighted by Crippen LogP contribution is 2.32. The van der Waals surface area contributed by atoms with E-state index < -0.39 is 10.5 Å². The van der Waals surface area contributed by atoms with Crippen molar-refractivity contribution in [3.63, 3.8) is 0 Å². The van der Waals surface area contributed by atoms with Crippen LogP contribution in [0.15, 0.2) is 60.8 Å². The molecule has 3 aromatic rings. The Balaban J connectivity index is 1.11. The number of para-hydroxylation sites is 1. The normalized spacial score (nSPS) is 20.2. The third-order valence-corrected chi connectivity index (χ3v) is 5.99. The van der Waals surface area contributed by atoms with Crippen molar-refractivity contribution in [2.45, 2.75) is 38.0 Å². The fourth-order valence-electron chi connectivity index (χ4n) is 4.27. The topological polar surface area (TPSA) is 91.9 Å². The van der Waals surface area contributed by atoms with E-state index in [1.54, 1.807) is 4.57 Å². The predicted molar refractivity (Wildman–Crippen MR) is 122 cm³/mol. The molecule has 3 heterocycles. The van der Waals surface area contributed by atoms with Gasteiger partial charge in [0.15, 0.2) is 5.60 Å². The molecule has 2 aliphatic heterocycles. The van der Waals surface area contributed by atoms with Gasteiger partial charge in [0.2, 0.25) is 0 Å². The second-order valence-corrected chi connectivity index (χ2v) is 8.72. The maximum Gasteiger partial charge on any atom is 0.415 e. The van der Waals surface area contributed by atoms with Crippen molar-refractivity contribution in [3.05, 3.63) is 70.9 Å². The molecule has 0 N–H and O–H groups in total. The minimum atomic E-state index is -0.628. The van der Waals surface area contributed by atoms with Gasteiger partial charge in [-0.15, -0.1) is 0 Å². The van der Waals surface area contributed by atoms with Gasteiger partial charge in [-0.1, -0.05) is 18.2 Å². The van der Waals surface area contributed by atoms with Crippen LogP contribution in [0.3, 0.4) is 0 Å². The first-order chi connectivity index (χ1) is 16.0. The maximum atomic E-state index is 10.9. The number of benzene rings is 2. The summed E-state index contributed by atoms with van der Waals surface area (Å²) in [4.78, 5) is 16.6. The van der Waals surface area contributed by atoms with E-state index in [9.17, 15) is 10.1 Å². The zero-order valence-corrected chi connectivity index (χ0v) is 18.4. The Morgan fingerprint density at radius 2 is 1.85 bits per heavy atom. The fourth-order valence-corrected chi connectivity index (χ4v) is 4.27. The van der Waals surface area contributed by atoms with Gasteiger partial charge in [0.05, 0.1) is 6.54 Å². The van der Waals surface area contributed by atoms with Crippen molar-refractivity contribution < 1.29 is 19.1 Å². The van der Waals surface area contributed by atoms with E-state index in [1.165, 1.54) is 6.20 Å². The van der Waals surface area contributed by atoms with E-state index in [-0.39, 0.29) is 17.9 Å². The number of rotatable bonds is 7. The number of nitro groups is 1. The van der Waals surface area contributed by atoms with Crippen LogP contribution in [0.1, 0.15) is 19.8 Å². The smallest absolute Gasteiger partial charge is 0.415 e. The Morgan fingerprint density at radius 3 is 2.52 bits per heavy atom. The number of nitrogens with zero attached hydrogens (tertiary/aromatic N) is 4. The van der Waals surface area contributed by atoms with Crippen LogP contribution >= 0.6 is 0 Å². The van der Waals surface area contributed by atoms with Crippen LogP contribution in [0.2, 0.25) is 0 Å². The molecule has 9 nitrogen and oxygen atoms in total. The summed E-state index contributed by atoms with van der Waals surface area (Å²) in [6.07, 6.45) is 3.60. The van der Waals surface area contributed by atoms with Crippen LogP contribution in [0, 0.1) is 10.1 Å². The monoisotopic (exact) mass is 450 g/mol. The van der Waals surface area contributed by atoms with Crippen molar-refractivity contribution in [1.82, 2.24) is 9.55 Å². The molecule has 0 amide bonds. The van der Waals surface area contributed by atoms with Crippen molar-refractivity contribution in [1.29, 1.82) is 0 Å². The summed E-state index contributed by atoms with van der Waals surface area (Å²) in [6.45, 7) is 4.55. The van der Waals surface area contributed by atoms with Crippen LogP contribution in [0.25, 0.3) is 0 Å². The van der Waals surface area contributed by atoms with Crippen molar-refractivity contribution in [3.8, 4) is 17.5 Å². The van der Waals surface area contributed by atoms with E-state index in [0.717, 1.165) is 43.1 Å². The molecule has 1 atom stereocenters. The second-order valence-electron chi connectivity index (χ2n) is 8.72. The second kappa shape index (κ2) is 8.65. The van der Waals surface area contributed by atoms with Crippen LogP contribution in [-0.2, 0) is 6.54 Å². The molecule has 5 rings (SSSR count). The average molecular weight is 450 g/mol. The molecule has 1 aromatic heterocycles. The number of aromatic nitrogens is 2. The van der Waals surface area contributed by atoms with Crippen LogP contribution in [0.4, 0.5) is 11.5 Å². The van der Waals surface area contributed by atoms with E-state index in [1.807, 2.05) is 49.4 Å². The molecular weight excluding hydrogens is 424 g/mol. The van der Waals surface area contributed by atoms with Gasteiger partial charge >= 0.3 is 11.8 Å². The van der Waals surface area contributed by atoms with Gasteiger partial charge in [0, 0.05) is 36.6 Å². The molecule has 2 aliphatic rings. The number of fused-ring (bicyclic) bond motifs is 1. The highest BCUT2D eigenvalue weighted by atomic mass is 16.6. The van der Waals surface area contributed by atoms with E-state index >= 15 is 0 Å². The molecule has 2 aromatic carbocycles. The maximum absolute atomic E-state index is 10.9. The molecule has 0 aliphatic carbocycles. The SMILES string of the molecule is C[C@]1(COc2ccc(N3CCC(Oc4ccccc4)CC3)cc2)Cn2cc([N+](=O)[O-])nc2O1. The number of ether oxygens (including phenoxy) is 3. The Morgan fingerprint density at radius 1 is 1.12 bits per heavy atom. The number of piperidine rings is 1. The molecule has 1 saturated heterocycles. The number of hydrogen-bond acceptors (Lipinski definition) is 7. The largest absolute Gasteiger partial charge is 0.490 e. The van der Waals surface area contributed by atoms with E-state index in [0.29, 0.717) is 13.2 Å². The van der Waals surface area contributed by atoms with Gasteiger partial charge in [-0.05, 0) is 48.2 Å². The Kier molecular flexibility index (Phi) is 5.53. The molecule has 33 heavy (non-hydrogen) atoms. The van der Waals surface area contributed by atoms with Gasteiger partial charge in [0.25, 0.3) is 0 Å². The minimum Gasteiger partial charge on any atom is -0.490 e. The van der Waals surface area contributed by atoms with Gasteiger partial charge < -0.3 is 29.2 Å². The summed E-state index contributed by atoms with van der Waals surface area (Å²) in [5, 5.41) is 10.9. The van der Waals surface area contributed by atoms with Crippen LogP contribution in [0.5, 0.6) is 17.5 Å². The summed E-state index contributed by atoms with van der Waals surface area (Å²) in [5.41, 5.74) is 0.535. The zero-order valence-electron chi connectivity index (χ0n) is 18.4. The highest BCUT2D eigenvalue weighted by Gasteiger charge is 2.41. The standard InChI is InChI=1S/C24H26N4O5/c1-24(16-27-15-22(28(29)30)25-23(27)33-24)17-31-19-9-7-18(8-10-19)26-13-11-21(12-14-26)32-20-5-3-2-4-6-20/h2-10,15,21H,11-14,16-17H2,1H3/t24-/m1/s1. The van der Waals surface area contributed by atoms with Crippen molar-refractivity contribution in [2.24, 2.45) is 0 Å². The third kappa shape index (κ3) is 4.72. The summed E-state index contributed by atoms with van der Waals surface area (Å²) >= 11 is 0. The number of anilines is 1. The lowest BCUT2D eigenvalue weighted by molar-refractivity contribution is -0.389. The molecule has 0 bridgehead atoms. The Bertz CT molecular complexity index is 1080. The average Bonchev–Trinajstić information content (AvgIpc) is 3.35. The molecule has 0 saturated carbocycles. The lowest BCUT2D eigenvalue weighted by Gasteiger charge is -2.33. The quantitative estimate of drug-likeness (QED) is 0.396. The Hall–Kier alpha value is -3.75. The molecule has 172 valence electrons. The fraction of sp³-hybridized carbons (Fsp3) is 0.375. The lowest BCUT2D eigenvalue weighted by atomic mass is 10.1. The Labute approximate surface area is 191 Å². The molecule has 0 unspecified atom stereocenters. The summed E-state index contributed by atoms with van der Waals surface area (Å²) in [5.74, 6) is 1.47. The molecule has 9 heteroatoms. The van der Waals surface area contributed by atoms with Gasteiger partial charge in [0.1, 0.15) is 30.4 Å². The van der Waals surface area contributed by atoms with Gasteiger partial charge in [-0.25, -0.2) is 0 Å². The third-order valence-electron chi connectivity index (χ3n) is 5.99. The van der Waals surface area contributed by atoms with Crippen LogP contribution in [-0.4, -0.2) is 45.9 Å². The lowest BCUT2D eigenvalue weighted by Crippen LogP contribution is -2.38. The molecule has 1 fully saturated rings. The van der Waals surface area contributed by atoms with Gasteiger partial charge in [-0.2, -0.15) is 0 Å². The first-order valence-electron chi connectivity index (χ1n) is 11.1. The molecule has 0 spiro atoms. The van der Waals surface area contributed by atoms with Crippen molar-refractivity contribution in [2.75, 3.05) is 24.6 Å². The summed E-state index contributed by atoms with van der Waals surface area (Å²) < 4.78 is 19.5. The number of hydrogen-bond donors (Lipinski definition) is 0. The zero-order chi connectivity index (χ0) is 22.8. The molecule has 0 radical (unpaired) electrons. The van der Waals surface area contributed by atoms with E-state index in [4.69, 9.17) is 14.2 Å². The first kappa shape index (κ1) is 21.1. The minimum absolute atomic E-state index is 0.209. The number of imidazole rings is 1. The predicted octanol–water partition coefficient (Wildman–Crippen LogP) is 4.07.